The van der Waals surface area contributed by atoms with Gasteiger partial charge in [0.2, 0.25) is 0 Å². The Balaban J connectivity index is 5.26. The normalized spacial score (nSPS) is 14.4. The fourth-order valence-corrected chi connectivity index (χ4v) is 12.3. The molecular formula is C71H138O17P2. The molecule has 17 nitrogen and oxygen atoms in total. The number of esters is 4. The van der Waals surface area contributed by atoms with Crippen LogP contribution in [0.4, 0.5) is 0 Å². The number of ether oxygens (including phenoxy) is 4. The fourth-order valence-electron chi connectivity index (χ4n) is 10.7. The topological polar surface area (TPSA) is 237 Å². The summed E-state index contributed by atoms with van der Waals surface area (Å²) < 4.78 is 68.3. The van der Waals surface area contributed by atoms with Crippen LogP contribution in [0.15, 0.2) is 0 Å². The molecular weight excluding hydrogens is 1190 g/mol. The van der Waals surface area contributed by atoms with E-state index in [9.17, 15) is 43.2 Å². The molecule has 0 heterocycles. The summed E-state index contributed by atoms with van der Waals surface area (Å²) in [7, 11) is -9.90. The molecule has 0 radical (unpaired) electrons. The number of phosphoric ester groups is 2. The maximum Gasteiger partial charge on any atom is 0.472 e. The third-order valence-electron chi connectivity index (χ3n) is 16.8. The third-order valence-corrected chi connectivity index (χ3v) is 18.7. The van der Waals surface area contributed by atoms with Crippen LogP contribution in [0.5, 0.6) is 0 Å². The summed E-state index contributed by atoms with van der Waals surface area (Å²) in [5.74, 6) is -0.655. The standard InChI is InChI=1S/C71H138O17P2/c1-7-10-12-14-16-18-20-22-23-25-27-31-35-43-49-55-70(75)87-66(59-81-68(73)53-47-41-34-30-26-24-21-19-17-15-13-11-8-2)61-85-89(77,78)83-57-65(72)58-84-90(79,80)86-62-67(60-82-69(74)54-48-42-38-37-40-46-52-64(6)9-3)88-71(76)56-50-44-36-32-28-29-33-39-45-51-63(4)5/h63-67,72H,7-62H2,1-6H3,(H,77,78)(H,79,80)/t64?,65-,66-,67-/m1/s1. The van der Waals surface area contributed by atoms with Gasteiger partial charge >= 0.3 is 39.5 Å². The second-order valence-corrected chi connectivity index (χ2v) is 29.3. The summed E-state index contributed by atoms with van der Waals surface area (Å²) in [6, 6.07) is 0. The Morgan fingerprint density at radius 2 is 0.567 bits per heavy atom. The molecule has 534 valence electrons. The molecule has 0 aliphatic heterocycles. The van der Waals surface area contributed by atoms with Gasteiger partial charge in [0, 0.05) is 25.7 Å². The number of hydrogen-bond donors (Lipinski definition) is 3. The van der Waals surface area contributed by atoms with Crippen LogP contribution in [0.2, 0.25) is 0 Å². The molecule has 0 aromatic rings. The number of carbonyl (C=O) groups excluding carboxylic acids is 4. The van der Waals surface area contributed by atoms with Crippen molar-refractivity contribution in [1.82, 2.24) is 0 Å². The number of hydrogen-bond acceptors (Lipinski definition) is 15. The number of phosphoric acid groups is 2. The van der Waals surface area contributed by atoms with Crippen LogP contribution in [0.1, 0.15) is 363 Å². The molecule has 6 atom stereocenters. The first-order valence-corrected chi connectivity index (χ1v) is 40.0. The van der Waals surface area contributed by atoms with Gasteiger partial charge in [0.05, 0.1) is 26.4 Å². The molecule has 90 heavy (non-hydrogen) atoms. The van der Waals surface area contributed by atoms with Gasteiger partial charge in [-0.3, -0.25) is 37.3 Å². The van der Waals surface area contributed by atoms with Crippen molar-refractivity contribution >= 4 is 39.5 Å². The molecule has 0 fully saturated rings. The summed E-state index contributed by atoms with van der Waals surface area (Å²) in [6.45, 7) is 9.50. The molecule has 3 N–H and O–H groups in total. The number of carbonyl (C=O) groups is 4. The van der Waals surface area contributed by atoms with Gasteiger partial charge in [-0.1, -0.05) is 311 Å². The Labute approximate surface area is 549 Å². The van der Waals surface area contributed by atoms with Gasteiger partial charge < -0.3 is 33.8 Å². The Morgan fingerprint density at radius 1 is 0.322 bits per heavy atom. The van der Waals surface area contributed by atoms with E-state index in [1.54, 1.807) is 0 Å². The fraction of sp³-hybridized carbons (Fsp3) is 0.944. The van der Waals surface area contributed by atoms with Crippen LogP contribution in [-0.2, 0) is 65.4 Å². The molecule has 0 saturated carbocycles. The highest BCUT2D eigenvalue weighted by Crippen LogP contribution is 2.45. The van der Waals surface area contributed by atoms with Crippen LogP contribution in [0.3, 0.4) is 0 Å². The lowest BCUT2D eigenvalue weighted by Gasteiger charge is -2.21. The lowest BCUT2D eigenvalue weighted by Crippen LogP contribution is -2.30. The zero-order valence-corrected chi connectivity index (χ0v) is 60.2. The Morgan fingerprint density at radius 3 is 0.844 bits per heavy atom. The first-order valence-electron chi connectivity index (χ1n) is 37.0. The van der Waals surface area contributed by atoms with Crippen molar-refractivity contribution in [2.45, 2.75) is 381 Å². The zero-order valence-electron chi connectivity index (χ0n) is 58.4. The second-order valence-electron chi connectivity index (χ2n) is 26.3. The van der Waals surface area contributed by atoms with E-state index in [-0.39, 0.29) is 25.7 Å². The first kappa shape index (κ1) is 88.1. The van der Waals surface area contributed by atoms with Crippen LogP contribution >= 0.6 is 15.6 Å². The van der Waals surface area contributed by atoms with Crippen molar-refractivity contribution in [3.63, 3.8) is 0 Å². The van der Waals surface area contributed by atoms with E-state index >= 15 is 0 Å². The molecule has 0 rings (SSSR count). The minimum atomic E-state index is -4.95. The molecule has 0 saturated heterocycles. The van der Waals surface area contributed by atoms with Gasteiger partial charge in [0.1, 0.15) is 19.3 Å². The highest BCUT2D eigenvalue weighted by Gasteiger charge is 2.30. The van der Waals surface area contributed by atoms with Gasteiger partial charge in [0.25, 0.3) is 0 Å². The molecule has 0 aromatic carbocycles. The molecule has 0 aromatic heterocycles. The van der Waals surface area contributed by atoms with E-state index in [1.807, 2.05) is 0 Å². The van der Waals surface area contributed by atoms with Crippen LogP contribution < -0.4 is 0 Å². The first-order chi connectivity index (χ1) is 43.4. The lowest BCUT2D eigenvalue weighted by molar-refractivity contribution is -0.161. The van der Waals surface area contributed by atoms with E-state index in [2.05, 4.69) is 41.5 Å². The van der Waals surface area contributed by atoms with Crippen molar-refractivity contribution in [3.8, 4) is 0 Å². The molecule has 19 heteroatoms. The van der Waals surface area contributed by atoms with E-state index in [1.165, 1.54) is 173 Å². The molecule has 0 amide bonds. The van der Waals surface area contributed by atoms with Crippen LogP contribution in [-0.4, -0.2) is 96.7 Å². The number of aliphatic hydroxyl groups is 1. The van der Waals surface area contributed by atoms with E-state index in [4.69, 9.17) is 37.0 Å². The largest absolute Gasteiger partial charge is 0.472 e. The van der Waals surface area contributed by atoms with Crippen molar-refractivity contribution in [2.75, 3.05) is 39.6 Å². The number of rotatable bonds is 70. The van der Waals surface area contributed by atoms with E-state index < -0.39 is 97.5 Å². The summed E-state index contributed by atoms with van der Waals surface area (Å²) in [6.07, 6.45) is 48.5. The van der Waals surface area contributed by atoms with E-state index in [0.717, 1.165) is 108 Å². The average molecular weight is 1330 g/mol. The van der Waals surface area contributed by atoms with Gasteiger partial charge in [-0.15, -0.1) is 0 Å². The average Bonchev–Trinajstić information content (AvgIpc) is 3.48. The highest BCUT2D eigenvalue weighted by atomic mass is 31.2. The maximum absolute atomic E-state index is 13.0. The van der Waals surface area contributed by atoms with Gasteiger partial charge in [-0.05, 0) is 37.5 Å². The quantitative estimate of drug-likeness (QED) is 0.0222. The minimum absolute atomic E-state index is 0.104. The van der Waals surface area contributed by atoms with Gasteiger partial charge in [-0.2, -0.15) is 0 Å². The summed E-state index contributed by atoms with van der Waals surface area (Å²) >= 11 is 0. The van der Waals surface area contributed by atoms with Crippen LogP contribution in [0, 0.1) is 11.8 Å². The lowest BCUT2D eigenvalue weighted by atomic mass is 10.00. The highest BCUT2D eigenvalue weighted by molar-refractivity contribution is 7.47. The van der Waals surface area contributed by atoms with Crippen molar-refractivity contribution in [3.05, 3.63) is 0 Å². The van der Waals surface area contributed by atoms with Crippen molar-refractivity contribution < 1.29 is 80.2 Å². The number of unbranched alkanes of at least 4 members (excludes halogenated alkanes) is 39. The Hall–Kier alpha value is -1.94. The molecule has 0 aliphatic carbocycles. The Bertz CT molecular complexity index is 1750. The molecule has 0 aliphatic rings. The molecule has 0 bridgehead atoms. The maximum atomic E-state index is 13.0. The third kappa shape index (κ3) is 63.5. The monoisotopic (exact) mass is 1320 g/mol. The van der Waals surface area contributed by atoms with Crippen LogP contribution in [0.25, 0.3) is 0 Å². The summed E-state index contributed by atoms with van der Waals surface area (Å²) in [5.41, 5.74) is 0. The Kier molecular flexibility index (Phi) is 61.8. The molecule has 3 unspecified atom stereocenters. The van der Waals surface area contributed by atoms with Gasteiger partial charge in [-0.25, -0.2) is 9.13 Å². The van der Waals surface area contributed by atoms with Crippen molar-refractivity contribution in [2.24, 2.45) is 11.8 Å². The predicted molar refractivity (Wildman–Crippen MR) is 363 cm³/mol. The minimum Gasteiger partial charge on any atom is -0.462 e. The molecule has 0 spiro atoms. The van der Waals surface area contributed by atoms with Crippen molar-refractivity contribution in [1.29, 1.82) is 0 Å². The summed E-state index contributed by atoms with van der Waals surface area (Å²) in [4.78, 5) is 72.6. The predicted octanol–water partition coefficient (Wildman–Crippen LogP) is 20.4. The second kappa shape index (κ2) is 63.1. The number of aliphatic hydroxyl groups excluding tert-OH is 1. The smallest absolute Gasteiger partial charge is 0.462 e. The van der Waals surface area contributed by atoms with E-state index in [0.29, 0.717) is 25.7 Å². The summed E-state index contributed by atoms with van der Waals surface area (Å²) in [5, 5.41) is 10.6. The zero-order chi connectivity index (χ0) is 66.5. The SMILES string of the molecule is CCCCCCCCCCCCCCCCCC(=O)O[C@H](COC(=O)CCCCCCCCCCCCCCC)COP(=O)(O)OC[C@@H](O)COP(=O)(O)OC[C@@H](COC(=O)CCCCCCCCC(C)CC)OC(=O)CCCCCCCCCCCC(C)C. The van der Waals surface area contributed by atoms with Gasteiger partial charge in [0.15, 0.2) is 12.2 Å².